The fraction of sp³-hybridized carbons (Fsp3) is 0.278. The first-order chi connectivity index (χ1) is 10.1. The maximum atomic E-state index is 12.8. The Bertz CT molecular complexity index is 650. The summed E-state index contributed by atoms with van der Waals surface area (Å²) in [6.45, 7) is 2.72. The molecule has 0 atom stereocenters. The summed E-state index contributed by atoms with van der Waals surface area (Å²) in [4.78, 5) is 14.8. The van der Waals surface area contributed by atoms with Gasteiger partial charge >= 0.3 is 0 Å². The Morgan fingerprint density at radius 3 is 2.52 bits per heavy atom. The smallest absolute Gasteiger partial charge is 0.254 e. The van der Waals surface area contributed by atoms with Crippen LogP contribution in [0.25, 0.3) is 0 Å². The van der Waals surface area contributed by atoms with Crippen molar-refractivity contribution in [3.8, 4) is 0 Å². The second-order valence-corrected chi connectivity index (χ2v) is 6.47. The zero-order chi connectivity index (χ0) is 14.8. The van der Waals surface area contributed by atoms with E-state index >= 15 is 0 Å². The van der Waals surface area contributed by atoms with E-state index in [0.717, 1.165) is 28.4 Å². The van der Waals surface area contributed by atoms with Crippen molar-refractivity contribution >= 4 is 21.8 Å². The first-order valence-electron chi connectivity index (χ1n) is 7.26. The number of carbonyl (C=O) groups excluding carboxylic acids is 1. The maximum Gasteiger partial charge on any atom is 0.254 e. The quantitative estimate of drug-likeness (QED) is 0.796. The Hall–Kier alpha value is -1.61. The number of benzene rings is 2. The molecule has 0 saturated heterocycles. The van der Waals surface area contributed by atoms with Crippen LogP contribution in [0.15, 0.2) is 53.0 Å². The Kier molecular flexibility index (Phi) is 4.11. The van der Waals surface area contributed by atoms with Gasteiger partial charge in [0.1, 0.15) is 0 Å². The van der Waals surface area contributed by atoms with Crippen LogP contribution in [0.5, 0.6) is 0 Å². The molecule has 0 N–H and O–H groups in total. The highest BCUT2D eigenvalue weighted by Gasteiger charge is 2.33. The zero-order valence-corrected chi connectivity index (χ0v) is 13.6. The molecule has 3 rings (SSSR count). The molecule has 2 nitrogen and oxygen atoms in total. The van der Waals surface area contributed by atoms with Crippen LogP contribution in [0.4, 0.5) is 0 Å². The summed E-state index contributed by atoms with van der Waals surface area (Å²) in [6, 6.07) is 16.4. The fourth-order valence-electron chi connectivity index (χ4n) is 2.42. The number of halogens is 1. The van der Waals surface area contributed by atoms with E-state index < -0.39 is 0 Å². The number of hydrogen-bond donors (Lipinski definition) is 0. The van der Waals surface area contributed by atoms with E-state index in [1.54, 1.807) is 0 Å². The highest BCUT2D eigenvalue weighted by Crippen LogP contribution is 2.30. The molecule has 1 aliphatic carbocycles. The topological polar surface area (TPSA) is 20.3 Å². The molecule has 0 bridgehead atoms. The molecular weight excluding hydrogens is 326 g/mol. The van der Waals surface area contributed by atoms with Gasteiger partial charge in [0.15, 0.2) is 0 Å². The Labute approximate surface area is 133 Å². The van der Waals surface area contributed by atoms with Crippen molar-refractivity contribution in [2.24, 2.45) is 0 Å². The van der Waals surface area contributed by atoms with Gasteiger partial charge in [-0.3, -0.25) is 4.79 Å². The summed E-state index contributed by atoms with van der Waals surface area (Å²) in [6.07, 6.45) is 2.23. The second kappa shape index (κ2) is 6.02. The standard InChI is InChI=1S/C18H18BrNO/c1-13-7-8-15(11-17(13)19)18(21)20(16-9-10-16)12-14-5-3-2-4-6-14/h2-8,11,16H,9-10,12H2,1H3. The van der Waals surface area contributed by atoms with Crippen LogP contribution < -0.4 is 0 Å². The van der Waals surface area contributed by atoms with E-state index in [2.05, 4.69) is 28.1 Å². The van der Waals surface area contributed by atoms with Crippen molar-refractivity contribution in [3.63, 3.8) is 0 Å². The van der Waals surface area contributed by atoms with Crippen molar-refractivity contribution in [1.29, 1.82) is 0 Å². The molecule has 1 fully saturated rings. The van der Waals surface area contributed by atoms with Crippen molar-refractivity contribution in [3.05, 3.63) is 69.7 Å². The summed E-state index contributed by atoms with van der Waals surface area (Å²) in [5.74, 6) is 0.127. The molecule has 1 amide bonds. The lowest BCUT2D eigenvalue weighted by molar-refractivity contribution is 0.0730. The SMILES string of the molecule is Cc1ccc(C(=O)N(Cc2ccccc2)C2CC2)cc1Br. The molecule has 0 aromatic heterocycles. The van der Waals surface area contributed by atoms with E-state index in [4.69, 9.17) is 0 Å². The van der Waals surface area contributed by atoms with Gasteiger partial charge in [0.05, 0.1) is 0 Å². The highest BCUT2D eigenvalue weighted by atomic mass is 79.9. The molecule has 1 saturated carbocycles. The Balaban J connectivity index is 1.83. The molecule has 108 valence electrons. The lowest BCUT2D eigenvalue weighted by Gasteiger charge is -2.23. The number of carbonyl (C=O) groups is 1. The summed E-state index contributed by atoms with van der Waals surface area (Å²) in [5, 5.41) is 0. The third-order valence-corrected chi connectivity index (χ3v) is 4.72. The van der Waals surface area contributed by atoms with Crippen molar-refractivity contribution in [2.45, 2.75) is 32.4 Å². The molecule has 1 aliphatic rings. The molecule has 0 spiro atoms. The van der Waals surface area contributed by atoms with Gasteiger partial charge in [-0.05, 0) is 43.0 Å². The molecule has 0 heterocycles. The largest absolute Gasteiger partial charge is 0.331 e. The molecule has 3 heteroatoms. The van der Waals surface area contributed by atoms with E-state index in [1.807, 2.05) is 48.2 Å². The molecule has 21 heavy (non-hydrogen) atoms. The minimum Gasteiger partial charge on any atom is -0.331 e. The molecule has 2 aromatic rings. The van der Waals surface area contributed by atoms with Crippen LogP contribution in [-0.4, -0.2) is 16.8 Å². The van der Waals surface area contributed by atoms with Crippen molar-refractivity contribution in [2.75, 3.05) is 0 Å². The van der Waals surface area contributed by atoms with Crippen LogP contribution in [0.2, 0.25) is 0 Å². The van der Waals surface area contributed by atoms with Gasteiger partial charge in [0, 0.05) is 22.6 Å². The highest BCUT2D eigenvalue weighted by molar-refractivity contribution is 9.10. The van der Waals surface area contributed by atoms with Crippen LogP contribution >= 0.6 is 15.9 Å². The van der Waals surface area contributed by atoms with Gasteiger partial charge in [-0.25, -0.2) is 0 Å². The van der Waals surface area contributed by atoms with Crippen LogP contribution in [0.3, 0.4) is 0 Å². The van der Waals surface area contributed by atoms with E-state index in [1.165, 1.54) is 5.56 Å². The predicted molar refractivity (Wildman–Crippen MR) is 88.2 cm³/mol. The average Bonchev–Trinajstić information content (AvgIpc) is 3.33. The van der Waals surface area contributed by atoms with Gasteiger partial charge in [-0.2, -0.15) is 0 Å². The van der Waals surface area contributed by atoms with Gasteiger partial charge < -0.3 is 4.90 Å². The lowest BCUT2D eigenvalue weighted by Crippen LogP contribution is -2.32. The summed E-state index contributed by atoms with van der Waals surface area (Å²) >= 11 is 3.51. The number of amides is 1. The summed E-state index contributed by atoms with van der Waals surface area (Å²) < 4.78 is 0.990. The molecule has 0 aliphatic heterocycles. The van der Waals surface area contributed by atoms with Crippen molar-refractivity contribution < 1.29 is 4.79 Å². The first-order valence-corrected chi connectivity index (χ1v) is 8.05. The van der Waals surface area contributed by atoms with Crippen LogP contribution in [0, 0.1) is 6.92 Å². The van der Waals surface area contributed by atoms with Crippen LogP contribution in [0.1, 0.15) is 34.3 Å². The summed E-state index contributed by atoms with van der Waals surface area (Å²) in [5.41, 5.74) is 3.09. The minimum atomic E-state index is 0.127. The van der Waals surface area contributed by atoms with Crippen LogP contribution in [-0.2, 0) is 6.54 Å². The number of aryl methyl sites for hydroxylation is 1. The molecular formula is C18H18BrNO. The average molecular weight is 344 g/mol. The second-order valence-electron chi connectivity index (χ2n) is 5.61. The third-order valence-electron chi connectivity index (χ3n) is 3.86. The zero-order valence-electron chi connectivity index (χ0n) is 12.1. The predicted octanol–water partition coefficient (Wildman–Crippen LogP) is 4.56. The first kappa shape index (κ1) is 14.3. The molecule has 2 aromatic carbocycles. The van der Waals surface area contributed by atoms with Gasteiger partial charge in [-0.15, -0.1) is 0 Å². The fourth-order valence-corrected chi connectivity index (χ4v) is 2.80. The van der Waals surface area contributed by atoms with E-state index in [0.29, 0.717) is 12.6 Å². The number of hydrogen-bond acceptors (Lipinski definition) is 1. The number of nitrogens with zero attached hydrogens (tertiary/aromatic N) is 1. The van der Waals surface area contributed by atoms with Gasteiger partial charge in [0.2, 0.25) is 0 Å². The monoisotopic (exact) mass is 343 g/mol. The number of rotatable bonds is 4. The third kappa shape index (κ3) is 3.35. The van der Waals surface area contributed by atoms with E-state index in [9.17, 15) is 4.79 Å². The Morgan fingerprint density at radius 1 is 1.19 bits per heavy atom. The molecule has 0 radical (unpaired) electrons. The van der Waals surface area contributed by atoms with Gasteiger partial charge in [-0.1, -0.05) is 52.3 Å². The van der Waals surface area contributed by atoms with Crippen molar-refractivity contribution in [1.82, 2.24) is 4.90 Å². The Morgan fingerprint density at radius 2 is 1.90 bits per heavy atom. The maximum absolute atomic E-state index is 12.8. The van der Waals surface area contributed by atoms with Gasteiger partial charge in [0.25, 0.3) is 5.91 Å². The molecule has 0 unspecified atom stereocenters. The van der Waals surface area contributed by atoms with E-state index in [-0.39, 0.29) is 5.91 Å². The minimum absolute atomic E-state index is 0.127. The lowest BCUT2D eigenvalue weighted by atomic mass is 10.1. The summed E-state index contributed by atoms with van der Waals surface area (Å²) in [7, 11) is 0. The normalized spacial score (nSPS) is 14.0.